The molecule has 1 aliphatic heterocycles. The summed E-state index contributed by atoms with van der Waals surface area (Å²) in [7, 11) is 0. The van der Waals surface area contributed by atoms with Crippen LogP contribution in [0.2, 0.25) is 0 Å². The number of aryl methyl sites for hydroxylation is 1. The summed E-state index contributed by atoms with van der Waals surface area (Å²) in [5, 5.41) is 10.9. The highest BCUT2D eigenvalue weighted by Gasteiger charge is 2.26. The van der Waals surface area contributed by atoms with Gasteiger partial charge in [-0.1, -0.05) is 13.8 Å². The molecule has 0 saturated carbocycles. The van der Waals surface area contributed by atoms with Crippen LogP contribution < -0.4 is 5.32 Å². The molecule has 2 rings (SSSR count). The number of piperidine rings is 1. The van der Waals surface area contributed by atoms with E-state index in [9.17, 15) is 4.79 Å². The van der Waals surface area contributed by atoms with Crippen molar-refractivity contribution in [3.63, 3.8) is 0 Å². The number of amides is 2. The zero-order chi connectivity index (χ0) is 13.8. The maximum Gasteiger partial charge on any atom is 0.317 e. The molecule has 2 amide bonds. The molecule has 0 aromatic carbocycles. The van der Waals surface area contributed by atoms with Crippen molar-refractivity contribution in [1.29, 1.82) is 0 Å². The Morgan fingerprint density at radius 1 is 1.42 bits per heavy atom. The van der Waals surface area contributed by atoms with Gasteiger partial charge in [0.25, 0.3) is 0 Å². The summed E-state index contributed by atoms with van der Waals surface area (Å²) >= 11 is 0. The summed E-state index contributed by atoms with van der Waals surface area (Å²) in [4.78, 5) is 13.8. The van der Waals surface area contributed by atoms with Gasteiger partial charge in [0.2, 0.25) is 11.8 Å². The van der Waals surface area contributed by atoms with Crippen molar-refractivity contribution in [2.24, 2.45) is 5.92 Å². The Bertz CT molecular complexity index is 422. The van der Waals surface area contributed by atoms with Crippen LogP contribution in [0.3, 0.4) is 0 Å². The van der Waals surface area contributed by atoms with Crippen LogP contribution in [-0.4, -0.2) is 40.8 Å². The van der Waals surface area contributed by atoms with Crippen molar-refractivity contribution in [3.8, 4) is 0 Å². The van der Waals surface area contributed by atoms with Gasteiger partial charge in [0, 0.05) is 32.5 Å². The minimum atomic E-state index is 0.0360. The van der Waals surface area contributed by atoms with Gasteiger partial charge in [0.1, 0.15) is 0 Å². The molecule has 1 aromatic rings. The monoisotopic (exact) mass is 266 g/mol. The van der Waals surface area contributed by atoms with E-state index < -0.39 is 0 Å². The van der Waals surface area contributed by atoms with Crippen LogP contribution in [0.15, 0.2) is 4.42 Å². The predicted molar refractivity (Wildman–Crippen MR) is 70.8 cm³/mol. The molecule has 6 heteroatoms. The second-order valence-corrected chi connectivity index (χ2v) is 5.50. The molecule has 19 heavy (non-hydrogen) atoms. The number of aromatic nitrogens is 2. The number of carbonyl (C=O) groups excluding carboxylic acids is 1. The van der Waals surface area contributed by atoms with Gasteiger partial charge >= 0.3 is 6.03 Å². The van der Waals surface area contributed by atoms with Crippen LogP contribution in [0.1, 0.15) is 44.4 Å². The average molecular weight is 266 g/mol. The minimum Gasteiger partial charge on any atom is -0.425 e. The topological polar surface area (TPSA) is 71.3 Å². The van der Waals surface area contributed by atoms with Crippen LogP contribution in [0.4, 0.5) is 4.79 Å². The lowest BCUT2D eigenvalue weighted by Crippen LogP contribution is -2.45. The second-order valence-electron chi connectivity index (χ2n) is 5.50. The quantitative estimate of drug-likeness (QED) is 0.907. The lowest BCUT2D eigenvalue weighted by Gasteiger charge is -2.30. The van der Waals surface area contributed by atoms with Gasteiger partial charge < -0.3 is 14.6 Å². The first-order valence-electron chi connectivity index (χ1n) is 6.89. The number of nitrogens with zero attached hydrogens (tertiary/aromatic N) is 3. The van der Waals surface area contributed by atoms with Gasteiger partial charge in [-0.15, -0.1) is 10.2 Å². The molecule has 2 heterocycles. The summed E-state index contributed by atoms with van der Waals surface area (Å²) in [6.45, 7) is 8.19. The third kappa shape index (κ3) is 3.68. The zero-order valence-electron chi connectivity index (χ0n) is 11.8. The highest BCUT2D eigenvalue weighted by Crippen LogP contribution is 2.26. The molecule has 0 unspecified atom stereocenters. The van der Waals surface area contributed by atoms with Gasteiger partial charge in [-0.3, -0.25) is 0 Å². The van der Waals surface area contributed by atoms with Crippen LogP contribution >= 0.6 is 0 Å². The van der Waals surface area contributed by atoms with E-state index in [-0.39, 0.29) is 11.9 Å². The molecule has 1 aromatic heterocycles. The standard InChI is InChI=1S/C13H22N4O2/c1-9(2)8-14-13(18)17-6-4-11(5-7-17)12-16-15-10(3)19-12/h9,11H,4-8H2,1-3H3,(H,14,18). The van der Waals surface area contributed by atoms with E-state index >= 15 is 0 Å². The first kappa shape index (κ1) is 13.8. The number of hydrogen-bond acceptors (Lipinski definition) is 4. The summed E-state index contributed by atoms with van der Waals surface area (Å²) in [5.41, 5.74) is 0. The summed E-state index contributed by atoms with van der Waals surface area (Å²) in [5.74, 6) is 2.07. The Balaban J connectivity index is 1.80. The van der Waals surface area contributed by atoms with E-state index in [1.165, 1.54) is 0 Å². The molecule has 0 radical (unpaired) electrons. The van der Waals surface area contributed by atoms with E-state index in [1.807, 2.05) is 4.90 Å². The highest BCUT2D eigenvalue weighted by atomic mass is 16.4. The van der Waals surface area contributed by atoms with E-state index in [1.54, 1.807) is 6.92 Å². The number of urea groups is 1. The summed E-state index contributed by atoms with van der Waals surface area (Å²) in [6, 6.07) is 0.0360. The molecule has 0 aliphatic carbocycles. The van der Waals surface area contributed by atoms with Crippen molar-refractivity contribution >= 4 is 6.03 Å². The van der Waals surface area contributed by atoms with E-state index in [0.29, 0.717) is 17.7 Å². The number of likely N-dealkylation sites (tertiary alicyclic amines) is 1. The molecule has 1 fully saturated rings. The number of rotatable bonds is 3. The Kier molecular flexibility index (Phi) is 4.39. The maximum absolute atomic E-state index is 11.9. The third-order valence-electron chi connectivity index (χ3n) is 3.33. The summed E-state index contributed by atoms with van der Waals surface area (Å²) in [6.07, 6.45) is 1.77. The molecule has 6 nitrogen and oxygen atoms in total. The number of carbonyl (C=O) groups is 1. The fraction of sp³-hybridized carbons (Fsp3) is 0.769. The lowest BCUT2D eigenvalue weighted by atomic mass is 9.97. The molecule has 106 valence electrons. The second kappa shape index (κ2) is 6.04. The maximum atomic E-state index is 11.9. The average Bonchev–Trinajstić information content (AvgIpc) is 2.83. The van der Waals surface area contributed by atoms with Crippen LogP contribution in [0.25, 0.3) is 0 Å². The molecule has 0 atom stereocenters. The van der Waals surface area contributed by atoms with Crippen LogP contribution in [0.5, 0.6) is 0 Å². The van der Waals surface area contributed by atoms with Gasteiger partial charge in [0.05, 0.1) is 0 Å². The highest BCUT2D eigenvalue weighted by molar-refractivity contribution is 5.74. The van der Waals surface area contributed by atoms with Gasteiger partial charge in [-0.05, 0) is 18.8 Å². The van der Waals surface area contributed by atoms with Gasteiger partial charge in [-0.25, -0.2) is 4.79 Å². The molecule has 0 spiro atoms. The molecule has 1 N–H and O–H groups in total. The fourth-order valence-corrected chi connectivity index (χ4v) is 2.21. The summed E-state index contributed by atoms with van der Waals surface area (Å²) < 4.78 is 5.46. The SMILES string of the molecule is Cc1nnc(C2CCN(C(=O)NCC(C)C)CC2)o1. The van der Waals surface area contributed by atoms with Crippen LogP contribution in [0, 0.1) is 12.8 Å². The Labute approximate surface area is 113 Å². The normalized spacial score (nSPS) is 16.9. The van der Waals surface area contributed by atoms with Crippen molar-refractivity contribution in [2.45, 2.75) is 39.5 Å². The molecular formula is C13H22N4O2. The minimum absolute atomic E-state index is 0.0360. The molecule has 1 aliphatic rings. The van der Waals surface area contributed by atoms with Crippen molar-refractivity contribution in [1.82, 2.24) is 20.4 Å². The van der Waals surface area contributed by atoms with Gasteiger partial charge in [0.15, 0.2) is 0 Å². The van der Waals surface area contributed by atoms with Crippen molar-refractivity contribution in [3.05, 3.63) is 11.8 Å². The van der Waals surface area contributed by atoms with Crippen molar-refractivity contribution in [2.75, 3.05) is 19.6 Å². The van der Waals surface area contributed by atoms with Crippen molar-refractivity contribution < 1.29 is 9.21 Å². The first-order chi connectivity index (χ1) is 9.06. The Hall–Kier alpha value is -1.59. The lowest BCUT2D eigenvalue weighted by molar-refractivity contribution is 0.176. The van der Waals surface area contributed by atoms with E-state index in [0.717, 1.165) is 32.5 Å². The fourth-order valence-electron chi connectivity index (χ4n) is 2.21. The number of hydrogen-bond donors (Lipinski definition) is 1. The predicted octanol–water partition coefficient (Wildman–Crippen LogP) is 1.92. The smallest absolute Gasteiger partial charge is 0.317 e. The van der Waals surface area contributed by atoms with E-state index in [2.05, 4.69) is 29.4 Å². The first-order valence-corrected chi connectivity index (χ1v) is 6.89. The molecular weight excluding hydrogens is 244 g/mol. The number of nitrogens with one attached hydrogen (secondary N) is 1. The largest absolute Gasteiger partial charge is 0.425 e. The third-order valence-corrected chi connectivity index (χ3v) is 3.33. The van der Waals surface area contributed by atoms with Gasteiger partial charge in [-0.2, -0.15) is 0 Å². The Morgan fingerprint density at radius 2 is 2.11 bits per heavy atom. The molecule has 0 bridgehead atoms. The van der Waals surface area contributed by atoms with E-state index in [4.69, 9.17) is 4.42 Å². The van der Waals surface area contributed by atoms with Crippen LogP contribution in [-0.2, 0) is 0 Å². The Morgan fingerprint density at radius 3 is 2.63 bits per heavy atom. The molecule has 1 saturated heterocycles. The zero-order valence-corrected chi connectivity index (χ0v) is 11.8.